The van der Waals surface area contributed by atoms with Crippen LogP contribution in [0.5, 0.6) is 0 Å². The highest BCUT2D eigenvalue weighted by Gasteiger charge is 2.53. The maximum absolute atomic E-state index is 12.5. The Balaban J connectivity index is 1.19. The van der Waals surface area contributed by atoms with Crippen LogP contribution in [0, 0.1) is 24.7 Å². The number of anilines is 1. The second-order valence-corrected chi connectivity index (χ2v) is 12.9. The van der Waals surface area contributed by atoms with E-state index in [2.05, 4.69) is 68.1 Å². The molecule has 2 aromatic carbocycles. The van der Waals surface area contributed by atoms with E-state index in [0.29, 0.717) is 17.4 Å². The number of carbonyl (C=O) groups is 2. The van der Waals surface area contributed by atoms with Gasteiger partial charge in [-0.2, -0.15) is 0 Å². The first kappa shape index (κ1) is 30.2. The quantitative estimate of drug-likeness (QED) is 0.331. The Labute approximate surface area is 260 Å². The highest BCUT2D eigenvalue weighted by atomic mass is 16.6. The molecule has 3 fully saturated rings. The number of amides is 1. The first-order valence-electron chi connectivity index (χ1n) is 16.1. The van der Waals surface area contributed by atoms with Crippen molar-refractivity contribution in [2.24, 2.45) is 17.8 Å². The molecule has 3 aromatic rings. The van der Waals surface area contributed by atoms with Gasteiger partial charge in [0.05, 0.1) is 5.56 Å². The van der Waals surface area contributed by atoms with Crippen LogP contribution in [0.3, 0.4) is 0 Å². The van der Waals surface area contributed by atoms with Crippen LogP contribution >= 0.6 is 0 Å². The minimum Gasteiger partial charge on any atom is -0.478 e. The third-order valence-corrected chi connectivity index (χ3v) is 10.5. The van der Waals surface area contributed by atoms with Gasteiger partial charge >= 0.3 is 12.1 Å². The zero-order valence-electron chi connectivity index (χ0n) is 25.9. The minimum absolute atomic E-state index is 0.123. The van der Waals surface area contributed by atoms with Gasteiger partial charge in [0, 0.05) is 68.6 Å². The summed E-state index contributed by atoms with van der Waals surface area (Å²) in [7, 11) is 1.64. The molecular formula is C35H45N5O4. The molecule has 0 bridgehead atoms. The minimum atomic E-state index is -0.889. The molecule has 3 aliphatic rings. The van der Waals surface area contributed by atoms with Crippen molar-refractivity contribution in [3.8, 4) is 0 Å². The number of nitrogens with zero attached hydrogens (tertiary/aromatic N) is 4. The zero-order valence-corrected chi connectivity index (χ0v) is 25.9. The molecule has 9 heteroatoms. The molecular weight excluding hydrogens is 554 g/mol. The molecule has 44 heavy (non-hydrogen) atoms. The number of hydrogen-bond donors (Lipinski definition) is 2. The normalized spacial score (nSPS) is 22.7. The molecule has 2 aliphatic heterocycles. The molecule has 234 valence electrons. The first-order chi connectivity index (χ1) is 21.4. The number of carbonyl (C=O) groups excluding carboxylic acids is 1. The van der Waals surface area contributed by atoms with Crippen molar-refractivity contribution in [3.05, 3.63) is 83.9 Å². The molecule has 0 spiro atoms. The molecule has 1 saturated carbocycles. The monoisotopic (exact) mass is 599 g/mol. The van der Waals surface area contributed by atoms with Crippen LogP contribution in [0.4, 0.5) is 10.5 Å². The van der Waals surface area contributed by atoms with E-state index in [4.69, 9.17) is 4.74 Å². The number of aromatic carboxylic acids is 1. The number of carboxylic acids is 1. The van der Waals surface area contributed by atoms with Gasteiger partial charge < -0.3 is 29.5 Å². The van der Waals surface area contributed by atoms with Crippen LogP contribution in [-0.2, 0) is 16.7 Å². The van der Waals surface area contributed by atoms with Gasteiger partial charge in [0.2, 0.25) is 0 Å². The third-order valence-electron chi connectivity index (χ3n) is 10.5. The van der Waals surface area contributed by atoms with Crippen molar-refractivity contribution >= 4 is 17.7 Å². The summed E-state index contributed by atoms with van der Waals surface area (Å²) in [5.74, 6) is 1.39. The number of imidazole rings is 1. The average molecular weight is 600 g/mol. The van der Waals surface area contributed by atoms with Crippen molar-refractivity contribution in [3.63, 3.8) is 0 Å². The van der Waals surface area contributed by atoms with Gasteiger partial charge in [-0.3, -0.25) is 0 Å². The number of carboxylic acid groups (broad SMARTS) is 1. The summed E-state index contributed by atoms with van der Waals surface area (Å²) in [6, 6.07) is 18.2. The summed E-state index contributed by atoms with van der Waals surface area (Å²) in [6.45, 7) is 8.10. The predicted molar refractivity (Wildman–Crippen MR) is 170 cm³/mol. The van der Waals surface area contributed by atoms with E-state index in [-0.39, 0.29) is 23.5 Å². The summed E-state index contributed by atoms with van der Waals surface area (Å²) in [4.78, 5) is 33.2. The number of rotatable bonds is 10. The largest absolute Gasteiger partial charge is 0.478 e. The molecule has 3 heterocycles. The molecule has 0 radical (unpaired) electrons. The standard InChI is InChI=1S/C35H45N5O4/c1-25-37-17-20-39(25)24-35(28-7-4-3-5-8-28,31-9-6-10-32(31)44-34(43)36-2)29-15-18-38(19-16-29)21-26-22-40(23-26)30-13-11-27(12-14-30)33(41)42/h3-5,7-8,11-14,17,20,26,29,31-32H,6,9-10,15-16,18-19,21-24H2,1-2H3,(H,36,43)(H,41,42)/t31-,32?,35+/m0/s1. The maximum Gasteiger partial charge on any atom is 0.407 e. The Morgan fingerprint density at radius 1 is 1.02 bits per heavy atom. The number of aryl methyl sites for hydroxylation is 1. The van der Waals surface area contributed by atoms with Gasteiger partial charge in [0.25, 0.3) is 0 Å². The lowest BCUT2D eigenvalue weighted by molar-refractivity contribution is 0.00180. The number of aromatic nitrogens is 2. The Morgan fingerprint density at radius 3 is 2.39 bits per heavy atom. The zero-order chi connectivity index (χ0) is 30.7. The molecule has 1 amide bonds. The first-order valence-corrected chi connectivity index (χ1v) is 16.1. The number of likely N-dealkylation sites (tertiary alicyclic amines) is 1. The van der Waals surface area contributed by atoms with E-state index in [0.717, 1.165) is 82.9 Å². The van der Waals surface area contributed by atoms with E-state index in [1.165, 1.54) is 5.56 Å². The van der Waals surface area contributed by atoms with Crippen LogP contribution in [0.15, 0.2) is 67.0 Å². The van der Waals surface area contributed by atoms with E-state index in [9.17, 15) is 14.7 Å². The topological polar surface area (TPSA) is 99.9 Å². The van der Waals surface area contributed by atoms with Gasteiger partial charge in [-0.1, -0.05) is 30.3 Å². The fourth-order valence-electron chi connectivity index (χ4n) is 8.25. The van der Waals surface area contributed by atoms with Crippen molar-refractivity contribution in [2.75, 3.05) is 44.7 Å². The summed E-state index contributed by atoms with van der Waals surface area (Å²) in [5, 5.41) is 11.9. The Bertz CT molecular complexity index is 1410. The summed E-state index contributed by atoms with van der Waals surface area (Å²) < 4.78 is 8.39. The molecule has 6 rings (SSSR count). The molecule has 2 N–H and O–H groups in total. The van der Waals surface area contributed by atoms with Gasteiger partial charge in [0.1, 0.15) is 11.9 Å². The van der Waals surface area contributed by atoms with Crippen molar-refractivity contribution in [1.82, 2.24) is 19.8 Å². The fourth-order valence-corrected chi connectivity index (χ4v) is 8.25. The molecule has 3 atom stereocenters. The summed E-state index contributed by atoms with van der Waals surface area (Å²) >= 11 is 0. The number of ether oxygens (including phenoxy) is 1. The van der Waals surface area contributed by atoms with E-state index in [1.54, 1.807) is 19.2 Å². The molecule has 1 aliphatic carbocycles. The van der Waals surface area contributed by atoms with Crippen LogP contribution < -0.4 is 10.2 Å². The fraction of sp³-hybridized carbons (Fsp3) is 0.514. The second kappa shape index (κ2) is 13.0. The Hall–Kier alpha value is -3.85. The van der Waals surface area contributed by atoms with Crippen LogP contribution in [0.2, 0.25) is 0 Å². The van der Waals surface area contributed by atoms with E-state index >= 15 is 0 Å². The van der Waals surface area contributed by atoms with Crippen LogP contribution in [0.1, 0.15) is 53.8 Å². The lowest BCUT2D eigenvalue weighted by Gasteiger charge is -2.51. The van der Waals surface area contributed by atoms with Crippen LogP contribution in [-0.4, -0.2) is 77.5 Å². The smallest absolute Gasteiger partial charge is 0.407 e. The lowest BCUT2D eigenvalue weighted by atomic mass is 9.58. The number of alkyl carbamates (subject to hydrolysis) is 1. The molecule has 9 nitrogen and oxygen atoms in total. The lowest BCUT2D eigenvalue weighted by Crippen LogP contribution is -2.55. The van der Waals surface area contributed by atoms with E-state index in [1.807, 2.05) is 18.3 Å². The average Bonchev–Trinajstić information content (AvgIpc) is 3.66. The third kappa shape index (κ3) is 6.07. The van der Waals surface area contributed by atoms with Crippen molar-refractivity contribution in [2.45, 2.75) is 57.1 Å². The maximum atomic E-state index is 12.5. The van der Waals surface area contributed by atoms with Crippen molar-refractivity contribution < 1.29 is 19.4 Å². The predicted octanol–water partition coefficient (Wildman–Crippen LogP) is 5.20. The number of hydrogen-bond acceptors (Lipinski definition) is 6. The molecule has 1 unspecified atom stereocenters. The second-order valence-electron chi connectivity index (χ2n) is 12.9. The van der Waals surface area contributed by atoms with Crippen LogP contribution in [0.25, 0.3) is 0 Å². The number of nitrogens with one attached hydrogen (secondary N) is 1. The number of benzene rings is 2. The highest BCUT2D eigenvalue weighted by molar-refractivity contribution is 5.88. The SMILES string of the molecule is CNC(=O)OC1CCC[C@@H]1[C@](Cn1ccnc1C)(c1ccccc1)C1CCN(CC2CN(c3ccc(C(=O)O)cc3)C2)CC1. The Morgan fingerprint density at radius 2 is 1.75 bits per heavy atom. The highest BCUT2D eigenvalue weighted by Crippen LogP contribution is 2.52. The molecule has 2 saturated heterocycles. The molecule has 1 aromatic heterocycles. The van der Waals surface area contributed by atoms with Gasteiger partial charge in [-0.15, -0.1) is 0 Å². The van der Waals surface area contributed by atoms with Gasteiger partial charge in [0.15, 0.2) is 0 Å². The van der Waals surface area contributed by atoms with Gasteiger partial charge in [-0.05, 0) is 87.9 Å². The van der Waals surface area contributed by atoms with E-state index < -0.39 is 5.97 Å². The number of piperidine rings is 1. The van der Waals surface area contributed by atoms with Crippen molar-refractivity contribution in [1.29, 1.82) is 0 Å². The Kier molecular flexibility index (Phi) is 8.93. The summed E-state index contributed by atoms with van der Waals surface area (Å²) in [5.41, 5.74) is 2.57. The summed E-state index contributed by atoms with van der Waals surface area (Å²) in [6.07, 6.45) is 8.71. The van der Waals surface area contributed by atoms with Gasteiger partial charge in [-0.25, -0.2) is 14.6 Å².